The molecule has 4 rings (SSSR count). The van der Waals surface area contributed by atoms with Crippen LogP contribution >= 0.6 is 0 Å². The van der Waals surface area contributed by atoms with Crippen LogP contribution in [0.2, 0.25) is 0 Å². The average molecular weight is 476 g/mol. The van der Waals surface area contributed by atoms with Crippen LogP contribution < -0.4 is 20.7 Å². The summed E-state index contributed by atoms with van der Waals surface area (Å²) in [6.45, 7) is 8.59. The van der Waals surface area contributed by atoms with E-state index in [2.05, 4.69) is 37.0 Å². The summed E-state index contributed by atoms with van der Waals surface area (Å²) >= 11 is 0. The minimum atomic E-state index is -4.49. The largest absolute Gasteiger partial charge is 0.467 e. The van der Waals surface area contributed by atoms with E-state index in [-0.39, 0.29) is 11.7 Å². The molecule has 1 atom stereocenters. The molecule has 182 valence electrons. The molecule has 3 heterocycles. The number of rotatable bonds is 6. The Hall–Kier alpha value is -3.34. The maximum atomic E-state index is 13.3. The van der Waals surface area contributed by atoms with Crippen LogP contribution in [0.4, 0.5) is 30.4 Å². The number of nitrogens with two attached hydrogens (primary N) is 1. The summed E-state index contributed by atoms with van der Waals surface area (Å²) in [5.74, 6) is 0.423. The van der Waals surface area contributed by atoms with Crippen LogP contribution in [0.25, 0.3) is 11.0 Å². The number of nitrogen functional groups attached to an aromatic ring is 1. The highest BCUT2D eigenvalue weighted by Gasteiger charge is 2.31. The van der Waals surface area contributed by atoms with E-state index in [4.69, 9.17) is 10.5 Å². The van der Waals surface area contributed by atoms with Crippen molar-refractivity contribution in [2.75, 3.05) is 55.8 Å². The number of fused-ring (bicyclic) bond motifs is 1. The topological polar surface area (TPSA) is 92.4 Å². The number of methoxy groups -OCH3 is 1. The van der Waals surface area contributed by atoms with E-state index in [0.717, 1.165) is 50.5 Å². The molecule has 3 aromatic rings. The fourth-order valence-corrected chi connectivity index (χ4v) is 4.06. The number of halogens is 3. The fraction of sp³-hybridized carbons (Fsp3) is 0.435. The lowest BCUT2D eigenvalue weighted by Crippen LogP contribution is -2.46. The molecule has 8 nitrogen and oxygen atoms in total. The van der Waals surface area contributed by atoms with Gasteiger partial charge in [-0.3, -0.25) is 0 Å². The Bertz CT molecular complexity index is 1160. The number of pyridine rings is 1. The van der Waals surface area contributed by atoms with Crippen molar-refractivity contribution in [1.82, 2.24) is 19.9 Å². The first kappa shape index (κ1) is 23.8. The second-order valence-corrected chi connectivity index (χ2v) is 8.30. The van der Waals surface area contributed by atoms with Crippen molar-refractivity contribution in [3.8, 4) is 6.01 Å². The Morgan fingerprint density at radius 1 is 1.12 bits per heavy atom. The van der Waals surface area contributed by atoms with Gasteiger partial charge in [-0.15, -0.1) is 0 Å². The molecule has 1 fully saturated rings. The first-order valence-electron chi connectivity index (χ1n) is 11.1. The van der Waals surface area contributed by atoms with Crippen molar-refractivity contribution in [3.05, 3.63) is 41.6 Å². The predicted octanol–water partition coefficient (Wildman–Crippen LogP) is 3.95. The zero-order valence-electron chi connectivity index (χ0n) is 19.4. The Balaban J connectivity index is 1.68. The van der Waals surface area contributed by atoms with Crippen molar-refractivity contribution in [1.29, 1.82) is 0 Å². The SMILES string of the molecule is CCN1CCN(c2cnc3nc(OC)nc(N[C@H](C)c4cc(N)cc(C(F)(F)F)c4)c3c2)CC1. The first-order valence-corrected chi connectivity index (χ1v) is 11.1. The maximum Gasteiger partial charge on any atom is 0.416 e. The monoisotopic (exact) mass is 475 g/mol. The van der Waals surface area contributed by atoms with Crippen LogP contribution in [-0.4, -0.2) is 59.7 Å². The van der Waals surface area contributed by atoms with Crippen LogP contribution in [0.1, 0.15) is 31.0 Å². The number of hydrogen-bond donors (Lipinski definition) is 2. The van der Waals surface area contributed by atoms with Gasteiger partial charge in [0.1, 0.15) is 5.82 Å². The van der Waals surface area contributed by atoms with Gasteiger partial charge < -0.3 is 25.6 Å². The molecule has 1 aliphatic rings. The van der Waals surface area contributed by atoms with Gasteiger partial charge in [-0.2, -0.15) is 23.1 Å². The van der Waals surface area contributed by atoms with Crippen molar-refractivity contribution in [2.45, 2.75) is 26.1 Å². The minimum absolute atomic E-state index is 0.0405. The van der Waals surface area contributed by atoms with Crippen molar-refractivity contribution >= 4 is 28.2 Å². The Labute approximate surface area is 195 Å². The van der Waals surface area contributed by atoms with Gasteiger partial charge in [-0.25, -0.2) is 4.98 Å². The summed E-state index contributed by atoms with van der Waals surface area (Å²) in [4.78, 5) is 17.9. The normalized spacial score (nSPS) is 16.0. The second-order valence-electron chi connectivity index (χ2n) is 8.30. The highest BCUT2D eigenvalue weighted by Crippen LogP contribution is 2.34. The molecule has 2 aromatic heterocycles. The van der Waals surface area contributed by atoms with Crippen molar-refractivity contribution < 1.29 is 17.9 Å². The van der Waals surface area contributed by atoms with Gasteiger partial charge in [0.2, 0.25) is 0 Å². The molecule has 0 amide bonds. The van der Waals surface area contributed by atoms with Crippen LogP contribution in [0.3, 0.4) is 0 Å². The molecule has 34 heavy (non-hydrogen) atoms. The summed E-state index contributed by atoms with van der Waals surface area (Å²) in [6.07, 6.45) is -2.72. The van der Waals surface area contributed by atoms with E-state index in [1.54, 1.807) is 13.1 Å². The standard InChI is InChI=1S/C23H28F3N7O/c1-4-32-5-7-33(8-6-32)18-12-19-20(28-13-18)30-22(34-3)31-21(19)29-14(2)15-9-16(23(24,25)26)11-17(27)10-15/h9-14H,4-8,27H2,1-3H3,(H,28,29,30,31)/t14-/m1/s1. The molecule has 11 heteroatoms. The summed E-state index contributed by atoms with van der Waals surface area (Å²) in [5.41, 5.74) is 6.76. The van der Waals surface area contributed by atoms with Gasteiger partial charge in [0.05, 0.1) is 36.0 Å². The second kappa shape index (κ2) is 9.49. The number of alkyl halides is 3. The van der Waals surface area contributed by atoms with Gasteiger partial charge in [-0.1, -0.05) is 6.92 Å². The summed E-state index contributed by atoms with van der Waals surface area (Å²) < 4.78 is 45.1. The molecule has 0 saturated carbocycles. The molecule has 0 radical (unpaired) electrons. The number of aromatic nitrogens is 3. The van der Waals surface area contributed by atoms with E-state index in [1.165, 1.54) is 13.2 Å². The number of nitrogens with zero attached hydrogens (tertiary/aromatic N) is 5. The third-order valence-corrected chi connectivity index (χ3v) is 6.04. The number of benzene rings is 1. The van der Waals surface area contributed by atoms with Crippen molar-refractivity contribution in [2.24, 2.45) is 0 Å². The Morgan fingerprint density at radius 2 is 1.85 bits per heavy atom. The predicted molar refractivity (Wildman–Crippen MR) is 126 cm³/mol. The molecule has 0 aliphatic carbocycles. The van der Waals surface area contributed by atoms with Gasteiger partial charge in [0, 0.05) is 31.9 Å². The average Bonchev–Trinajstić information content (AvgIpc) is 2.82. The van der Waals surface area contributed by atoms with E-state index in [9.17, 15) is 13.2 Å². The smallest absolute Gasteiger partial charge is 0.416 e. The Morgan fingerprint density at radius 3 is 2.50 bits per heavy atom. The lowest BCUT2D eigenvalue weighted by molar-refractivity contribution is -0.137. The molecule has 3 N–H and O–H groups in total. The van der Waals surface area contributed by atoms with E-state index in [0.29, 0.717) is 22.4 Å². The summed E-state index contributed by atoms with van der Waals surface area (Å²) in [7, 11) is 1.45. The minimum Gasteiger partial charge on any atom is -0.467 e. The molecular formula is C23H28F3N7O. The third-order valence-electron chi connectivity index (χ3n) is 6.04. The first-order chi connectivity index (χ1) is 16.2. The molecule has 1 saturated heterocycles. The van der Waals surface area contributed by atoms with Gasteiger partial charge >= 0.3 is 12.2 Å². The van der Waals surface area contributed by atoms with Crippen LogP contribution in [-0.2, 0) is 6.18 Å². The van der Waals surface area contributed by atoms with E-state index in [1.807, 2.05) is 6.07 Å². The number of hydrogen-bond acceptors (Lipinski definition) is 8. The molecule has 1 aromatic carbocycles. The molecule has 0 bridgehead atoms. The molecule has 0 unspecified atom stereocenters. The van der Waals surface area contributed by atoms with Gasteiger partial charge in [-0.05, 0) is 43.3 Å². The van der Waals surface area contributed by atoms with Crippen LogP contribution in [0.15, 0.2) is 30.5 Å². The maximum absolute atomic E-state index is 13.3. The third kappa shape index (κ3) is 5.09. The molecule has 1 aliphatic heterocycles. The van der Waals surface area contributed by atoms with Gasteiger partial charge in [0.15, 0.2) is 5.65 Å². The molecular weight excluding hydrogens is 447 g/mol. The van der Waals surface area contributed by atoms with E-state index >= 15 is 0 Å². The van der Waals surface area contributed by atoms with Gasteiger partial charge in [0.25, 0.3) is 0 Å². The van der Waals surface area contributed by atoms with E-state index < -0.39 is 17.8 Å². The zero-order chi connectivity index (χ0) is 24.5. The number of nitrogens with one attached hydrogen (secondary N) is 1. The number of likely N-dealkylation sites (N-methyl/N-ethyl adjacent to an activating group) is 1. The number of ether oxygens (including phenoxy) is 1. The van der Waals surface area contributed by atoms with Crippen LogP contribution in [0, 0.1) is 0 Å². The Kier molecular flexibility index (Phi) is 6.65. The summed E-state index contributed by atoms with van der Waals surface area (Å²) in [5, 5.41) is 3.86. The highest BCUT2D eigenvalue weighted by molar-refractivity contribution is 5.89. The lowest BCUT2D eigenvalue weighted by atomic mass is 10.0. The van der Waals surface area contributed by atoms with Crippen molar-refractivity contribution in [3.63, 3.8) is 0 Å². The van der Waals surface area contributed by atoms with Crippen LogP contribution in [0.5, 0.6) is 6.01 Å². The highest BCUT2D eigenvalue weighted by atomic mass is 19.4. The summed E-state index contributed by atoms with van der Waals surface area (Å²) in [6, 6.07) is 5.08. The zero-order valence-corrected chi connectivity index (χ0v) is 19.4. The molecule has 0 spiro atoms. The quantitative estimate of drug-likeness (QED) is 0.518. The number of piperazine rings is 1. The number of anilines is 3. The fourth-order valence-electron chi connectivity index (χ4n) is 4.06. The lowest BCUT2D eigenvalue weighted by Gasteiger charge is -2.35.